The number of rotatable bonds is 12. The number of ether oxygens (including phenoxy) is 1. The predicted octanol–water partition coefficient (Wildman–Crippen LogP) is 8.83. The van der Waals surface area contributed by atoms with Crippen molar-refractivity contribution >= 4 is 58.1 Å². The van der Waals surface area contributed by atoms with Crippen LogP contribution in [0.15, 0.2) is 90.0 Å². The molecule has 9 nitrogen and oxygen atoms in total. The summed E-state index contributed by atoms with van der Waals surface area (Å²) in [6.45, 7) is 12.8. The molecule has 5 aromatic rings. The van der Waals surface area contributed by atoms with Crippen LogP contribution in [0.5, 0.6) is 5.75 Å². The Labute approximate surface area is 312 Å². The molecule has 3 aromatic carbocycles. The minimum Gasteiger partial charge on any atom is -0.483 e. The van der Waals surface area contributed by atoms with Crippen LogP contribution in [0.4, 0.5) is 11.5 Å². The zero-order valence-corrected chi connectivity index (χ0v) is 31.6. The first-order valence-corrected chi connectivity index (χ1v) is 17.7. The third-order valence-corrected chi connectivity index (χ3v) is 10.0. The maximum Gasteiger partial charge on any atom is 0.290 e. The van der Waals surface area contributed by atoms with Crippen molar-refractivity contribution in [2.45, 2.75) is 65.2 Å². The maximum absolute atomic E-state index is 13.7. The van der Waals surface area contributed by atoms with Gasteiger partial charge in [0.1, 0.15) is 11.4 Å². The Bertz CT molecular complexity index is 2120. The van der Waals surface area contributed by atoms with E-state index in [0.717, 1.165) is 23.1 Å². The van der Waals surface area contributed by atoms with E-state index in [1.165, 1.54) is 28.3 Å². The molecule has 2 heterocycles. The largest absolute Gasteiger partial charge is 0.483 e. The van der Waals surface area contributed by atoms with Crippen LogP contribution < -0.4 is 25.5 Å². The topological polar surface area (TPSA) is 106 Å². The molecule has 0 fully saturated rings. The van der Waals surface area contributed by atoms with E-state index in [9.17, 15) is 14.4 Å². The van der Waals surface area contributed by atoms with Crippen LogP contribution in [0, 0.1) is 0 Å². The average Bonchev–Trinajstić information content (AvgIpc) is 3.41. The van der Waals surface area contributed by atoms with Crippen LogP contribution in [-0.4, -0.2) is 28.2 Å². The van der Waals surface area contributed by atoms with Gasteiger partial charge in [-0.2, -0.15) is 9.78 Å². The fourth-order valence-corrected chi connectivity index (χ4v) is 6.38. The predicted molar refractivity (Wildman–Crippen MR) is 204 cm³/mol. The molecule has 0 atom stereocenters. The Kier molecular flexibility index (Phi) is 11.3. The molecule has 51 heavy (non-hydrogen) atoms. The highest BCUT2D eigenvalue weighted by Crippen LogP contribution is 2.38. The van der Waals surface area contributed by atoms with Crippen LogP contribution >= 0.6 is 34.8 Å². The zero-order valence-electron chi connectivity index (χ0n) is 29.3. The fraction of sp³-hybridized carbons (Fsp3) is 0.282. The number of pyridine rings is 1. The normalized spacial score (nSPS) is 11.7. The molecule has 2 N–H and O–H groups in total. The SMILES string of the molecule is CCC(C)(C)c1ccc(OCC(=O)Nc2cccc(C(=O)Nc3nn(-c4c(Cl)cc(Cl)cc4Cl)c(=O)[c-]3-[n+]3ccccc3)c2)c(C(C)(C)CC)c1. The van der Waals surface area contributed by atoms with Gasteiger partial charge in [-0.15, -0.1) is 0 Å². The van der Waals surface area contributed by atoms with Gasteiger partial charge < -0.3 is 19.9 Å². The monoisotopic (exact) mass is 747 g/mol. The minimum atomic E-state index is -0.581. The van der Waals surface area contributed by atoms with Gasteiger partial charge in [0.2, 0.25) is 5.69 Å². The number of carbonyl (C=O) groups excluding carboxylic acids is 2. The summed E-state index contributed by atoms with van der Waals surface area (Å²) in [5, 5.41) is 10.4. The van der Waals surface area contributed by atoms with E-state index >= 15 is 0 Å². The van der Waals surface area contributed by atoms with Gasteiger partial charge >= 0.3 is 0 Å². The molecule has 5 rings (SSSR count). The number of anilines is 2. The highest BCUT2D eigenvalue weighted by atomic mass is 35.5. The lowest BCUT2D eigenvalue weighted by atomic mass is 9.76. The van der Waals surface area contributed by atoms with Crippen LogP contribution in [0.25, 0.3) is 11.4 Å². The Hall–Kier alpha value is -4.57. The third kappa shape index (κ3) is 8.33. The number of hydrogen-bond acceptors (Lipinski definition) is 5. The molecule has 2 aromatic heterocycles. The molecular weight excluding hydrogens is 709 g/mol. The molecule has 266 valence electrons. The van der Waals surface area contributed by atoms with Crippen LogP contribution in [0.1, 0.15) is 75.9 Å². The molecular formula is C39H40Cl3N5O4. The summed E-state index contributed by atoms with van der Waals surface area (Å²) in [6, 6.07) is 20.8. The van der Waals surface area contributed by atoms with Crippen molar-refractivity contribution in [3.63, 3.8) is 0 Å². The second-order valence-electron chi connectivity index (χ2n) is 13.5. The van der Waals surface area contributed by atoms with Gasteiger partial charge in [0.15, 0.2) is 12.4 Å². The number of nitrogens with zero attached hydrogens (tertiary/aromatic N) is 3. The lowest BCUT2D eigenvalue weighted by Crippen LogP contribution is -2.37. The summed E-state index contributed by atoms with van der Waals surface area (Å²) in [6.07, 6.45) is 5.18. The second-order valence-corrected chi connectivity index (χ2v) is 14.7. The standard InChI is InChI=1S/C39H40Cl3N5O4/c1-7-38(3,4)25-15-16-31(28(20-25)39(5,6)8-2)51-23-32(48)43-27-14-12-13-24(19-27)36(49)44-35-34(46-17-10-9-11-18-46)37(50)47(45-35)33-29(41)21-26(40)22-30(33)42/h9-22H,7-8,23H2,1-6H3,(H,43,48)(H,44,45,49). The molecule has 0 aliphatic rings. The summed E-state index contributed by atoms with van der Waals surface area (Å²) in [5.74, 6) is -0.337. The molecule has 0 saturated heterocycles. The summed E-state index contributed by atoms with van der Waals surface area (Å²) >= 11 is 18.9. The number of halogens is 3. The Morgan fingerprint density at radius 2 is 1.53 bits per heavy atom. The number of benzene rings is 3. The van der Waals surface area contributed by atoms with Crippen molar-refractivity contribution in [1.82, 2.24) is 9.78 Å². The molecule has 12 heteroatoms. The number of aromatic nitrogens is 3. The summed E-state index contributed by atoms with van der Waals surface area (Å²) < 4.78 is 8.64. The van der Waals surface area contributed by atoms with E-state index in [2.05, 4.69) is 69.4 Å². The number of nitrogens with one attached hydrogen (secondary N) is 2. The molecule has 0 radical (unpaired) electrons. The smallest absolute Gasteiger partial charge is 0.290 e. The quantitative estimate of drug-likeness (QED) is 0.0980. The van der Waals surface area contributed by atoms with Crippen molar-refractivity contribution in [2.24, 2.45) is 0 Å². The number of amides is 2. The van der Waals surface area contributed by atoms with Gasteiger partial charge in [-0.05, 0) is 65.6 Å². The van der Waals surface area contributed by atoms with Crippen LogP contribution in [0.2, 0.25) is 15.1 Å². The minimum absolute atomic E-state index is 0.00316. The molecule has 0 aliphatic heterocycles. The Morgan fingerprint density at radius 1 is 0.863 bits per heavy atom. The van der Waals surface area contributed by atoms with Gasteiger partial charge in [0.25, 0.3) is 17.4 Å². The van der Waals surface area contributed by atoms with Crippen molar-refractivity contribution in [3.8, 4) is 17.1 Å². The second kappa shape index (κ2) is 15.4. The summed E-state index contributed by atoms with van der Waals surface area (Å²) in [7, 11) is 0. The first-order chi connectivity index (χ1) is 24.1. The number of carbonyl (C=O) groups is 2. The molecule has 0 saturated carbocycles. The summed E-state index contributed by atoms with van der Waals surface area (Å²) in [4.78, 5) is 40.4. The molecule has 0 unspecified atom stereocenters. The Morgan fingerprint density at radius 3 is 2.18 bits per heavy atom. The van der Waals surface area contributed by atoms with Crippen molar-refractivity contribution in [2.75, 3.05) is 17.2 Å². The van der Waals surface area contributed by atoms with E-state index in [1.807, 2.05) is 6.07 Å². The van der Waals surface area contributed by atoms with Crippen molar-refractivity contribution < 1.29 is 18.9 Å². The lowest BCUT2D eigenvalue weighted by molar-refractivity contribution is -0.595. The van der Waals surface area contributed by atoms with Crippen LogP contribution in [-0.2, 0) is 15.6 Å². The molecule has 0 bridgehead atoms. The fourth-order valence-electron chi connectivity index (χ4n) is 5.41. The van der Waals surface area contributed by atoms with Crippen molar-refractivity contribution in [1.29, 1.82) is 0 Å². The average molecular weight is 749 g/mol. The molecule has 0 aliphatic carbocycles. The van der Waals surface area contributed by atoms with Gasteiger partial charge in [-0.25, -0.2) is 0 Å². The van der Waals surface area contributed by atoms with E-state index in [1.54, 1.807) is 48.8 Å². The third-order valence-electron chi connectivity index (χ3n) is 9.24. The van der Waals surface area contributed by atoms with Gasteiger partial charge in [-0.3, -0.25) is 14.4 Å². The van der Waals surface area contributed by atoms with Gasteiger partial charge in [-0.1, -0.05) is 113 Å². The first-order valence-electron chi connectivity index (χ1n) is 16.6. The van der Waals surface area contributed by atoms with Crippen molar-refractivity contribution in [3.05, 3.63) is 127 Å². The maximum atomic E-state index is 13.7. The van der Waals surface area contributed by atoms with E-state index in [-0.39, 0.29) is 61.2 Å². The van der Waals surface area contributed by atoms with Crippen LogP contribution in [0.3, 0.4) is 0 Å². The lowest BCUT2D eigenvalue weighted by Gasteiger charge is -2.30. The molecule has 0 spiro atoms. The molecule has 2 amide bonds. The highest BCUT2D eigenvalue weighted by molar-refractivity contribution is 6.40. The van der Waals surface area contributed by atoms with E-state index in [0.29, 0.717) is 11.4 Å². The highest BCUT2D eigenvalue weighted by Gasteiger charge is 2.27. The zero-order chi connectivity index (χ0) is 37.1. The van der Waals surface area contributed by atoms with Gasteiger partial charge in [0, 0.05) is 21.8 Å². The Balaban J connectivity index is 1.36. The number of hydrogen-bond donors (Lipinski definition) is 2. The van der Waals surface area contributed by atoms with E-state index in [4.69, 9.17) is 39.5 Å². The van der Waals surface area contributed by atoms with E-state index < -0.39 is 11.5 Å². The van der Waals surface area contributed by atoms with Gasteiger partial charge in [0.05, 0.1) is 22.4 Å². The first kappa shape index (κ1) is 37.7. The summed E-state index contributed by atoms with van der Waals surface area (Å²) in [5.41, 5.74) is 2.30.